The Kier molecular flexibility index (Phi) is 7.96. The summed E-state index contributed by atoms with van der Waals surface area (Å²) in [5.41, 5.74) is 20.9. The predicted molar refractivity (Wildman–Crippen MR) is 255 cm³/mol. The van der Waals surface area contributed by atoms with Crippen LogP contribution in [0.2, 0.25) is 0 Å². The average molecular weight is 769 g/mol. The molecule has 3 aliphatic rings. The fourth-order valence-electron chi connectivity index (χ4n) is 10.3. The molecule has 12 rings (SSSR count). The van der Waals surface area contributed by atoms with E-state index in [1.807, 2.05) is 0 Å². The van der Waals surface area contributed by atoms with Crippen LogP contribution in [0.1, 0.15) is 46.2 Å². The summed E-state index contributed by atoms with van der Waals surface area (Å²) in [6, 6.07) is 62.1. The van der Waals surface area contributed by atoms with Gasteiger partial charge in [0.1, 0.15) is 0 Å². The molecule has 9 aromatic carbocycles. The summed E-state index contributed by atoms with van der Waals surface area (Å²) in [6.07, 6.45) is 10.8. The molecule has 0 unspecified atom stereocenters. The third-order valence-electron chi connectivity index (χ3n) is 13.2. The first-order valence-electron chi connectivity index (χ1n) is 21.4. The van der Waals surface area contributed by atoms with E-state index in [4.69, 9.17) is 0 Å². The van der Waals surface area contributed by atoms with Gasteiger partial charge < -0.3 is 9.80 Å². The van der Waals surface area contributed by atoms with Gasteiger partial charge in [-0.1, -0.05) is 139 Å². The monoisotopic (exact) mass is 768 g/mol. The Morgan fingerprint density at radius 1 is 0.383 bits per heavy atom. The van der Waals surface area contributed by atoms with Crippen LogP contribution >= 0.6 is 0 Å². The molecule has 286 valence electrons. The number of fused-ring (bicyclic) bond motifs is 11. The molecule has 2 nitrogen and oxygen atoms in total. The molecule has 0 amide bonds. The highest BCUT2D eigenvalue weighted by molar-refractivity contribution is 6.24. The summed E-state index contributed by atoms with van der Waals surface area (Å²) in [6.45, 7) is 4.40. The van der Waals surface area contributed by atoms with E-state index in [9.17, 15) is 0 Å². The molecule has 9 aromatic rings. The first kappa shape index (κ1) is 34.8. The number of rotatable bonds is 6. The smallest absolute Gasteiger partial charge is 0.0546 e. The minimum Gasteiger partial charge on any atom is -0.314 e. The Balaban J connectivity index is 1.10. The van der Waals surface area contributed by atoms with Crippen LogP contribution in [-0.2, 0) is 12.8 Å². The van der Waals surface area contributed by atoms with Crippen molar-refractivity contribution < 1.29 is 0 Å². The third kappa shape index (κ3) is 5.55. The SMILES string of the molecule is Cc1ccc2c(c1)-c1cc(N(C3=CC=CCC3)c3cc4c5ccccc5c(N(c5ccccc5)c5ccc6c(c5)-c5cc(C)ccc5C6)cc4c4ccccc34)ccc1C2. The van der Waals surface area contributed by atoms with Gasteiger partial charge >= 0.3 is 0 Å². The van der Waals surface area contributed by atoms with Gasteiger partial charge in [-0.2, -0.15) is 0 Å². The van der Waals surface area contributed by atoms with Gasteiger partial charge in [0.2, 0.25) is 0 Å². The van der Waals surface area contributed by atoms with Crippen molar-refractivity contribution in [1.29, 1.82) is 0 Å². The molecule has 3 aliphatic carbocycles. The molecule has 0 aromatic heterocycles. The second kappa shape index (κ2) is 13.7. The molecule has 0 radical (unpaired) electrons. The molecule has 60 heavy (non-hydrogen) atoms. The van der Waals surface area contributed by atoms with Crippen molar-refractivity contribution in [2.45, 2.75) is 39.5 Å². The van der Waals surface area contributed by atoms with E-state index in [-0.39, 0.29) is 0 Å². The lowest BCUT2D eigenvalue weighted by Crippen LogP contribution is -2.18. The highest BCUT2D eigenvalue weighted by atomic mass is 15.2. The number of benzene rings is 9. The van der Waals surface area contributed by atoms with Crippen LogP contribution in [0, 0.1) is 13.8 Å². The minimum atomic E-state index is 0.978. The topological polar surface area (TPSA) is 6.48 Å². The molecule has 0 bridgehead atoms. The maximum absolute atomic E-state index is 2.56. The molecule has 0 N–H and O–H groups in total. The Morgan fingerprint density at radius 2 is 0.850 bits per heavy atom. The third-order valence-corrected chi connectivity index (χ3v) is 13.2. The van der Waals surface area contributed by atoms with Crippen LogP contribution in [0.4, 0.5) is 28.4 Å². The van der Waals surface area contributed by atoms with Crippen LogP contribution < -0.4 is 9.80 Å². The Labute approximate surface area is 352 Å². The fraction of sp³-hybridized carbons (Fsp3) is 0.103. The lowest BCUT2D eigenvalue weighted by atomic mass is 9.92. The fourth-order valence-corrected chi connectivity index (χ4v) is 10.3. The molecule has 2 heteroatoms. The quantitative estimate of drug-likeness (QED) is 0.155. The van der Waals surface area contributed by atoms with Crippen molar-refractivity contribution in [3.8, 4) is 22.3 Å². The molecular weight excluding hydrogens is 725 g/mol. The maximum atomic E-state index is 2.56. The van der Waals surface area contributed by atoms with Crippen molar-refractivity contribution in [3.63, 3.8) is 0 Å². The van der Waals surface area contributed by atoms with Gasteiger partial charge in [-0.25, -0.2) is 0 Å². The number of hydrogen-bond donors (Lipinski definition) is 0. The molecule has 0 fully saturated rings. The predicted octanol–water partition coefficient (Wildman–Crippen LogP) is 15.7. The Bertz CT molecular complexity index is 3290. The van der Waals surface area contributed by atoms with Gasteiger partial charge in [-0.15, -0.1) is 0 Å². The van der Waals surface area contributed by atoms with Crippen molar-refractivity contribution in [2.24, 2.45) is 0 Å². The maximum Gasteiger partial charge on any atom is 0.0546 e. The summed E-state index contributed by atoms with van der Waals surface area (Å²) in [5, 5.41) is 7.48. The zero-order valence-corrected chi connectivity index (χ0v) is 34.0. The summed E-state index contributed by atoms with van der Waals surface area (Å²) in [7, 11) is 0. The molecule has 0 saturated heterocycles. The first-order valence-corrected chi connectivity index (χ1v) is 21.4. The highest BCUT2D eigenvalue weighted by Crippen LogP contribution is 2.49. The normalized spacial score (nSPS) is 13.6. The number of aryl methyl sites for hydroxylation is 2. The van der Waals surface area contributed by atoms with Crippen LogP contribution in [-0.4, -0.2) is 0 Å². The van der Waals surface area contributed by atoms with Crippen LogP contribution in [0.3, 0.4) is 0 Å². The van der Waals surface area contributed by atoms with Gasteiger partial charge in [-0.3, -0.25) is 0 Å². The van der Waals surface area contributed by atoms with E-state index in [1.54, 1.807) is 0 Å². The first-order chi connectivity index (χ1) is 29.6. The number of allylic oxidation sites excluding steroid dienone is 4. The van der Waals surface area contributed by atoms with Gasteiger partial charge in [-0.05, 0) is 160 Å². The highest BCUT2D eigenvalue weighted by Gasteiger charge is 2.27. The molecule has 0 aliphatic heterocycles. The summed E-state index contributed by atoms with van der Waals surface area (Å²) in [5.74, 6) is 0. The Morgan fingerprint density at radius 3 is 1.38 bits per heavy atom. The van der Waals surface area contributed by atoms with Gasteiger partial charge in [0.05, 0.1) is 11.4 Å². The average Bonchev–Trinajstić information content (AvgIpc) is 3.84. The van der Waals surface area contributed by atoms with E-state index in [0.29, 0.717) is 0 Å². The number of para-hydroxylation sites is 1. The van der Waals surface area contributed by atoms with E-state index < -0.39 is 0 Å². The Hall–Kier alpha value is -7.16. The lowest BCUT2D eigenvalue weighted by Gasteiger charge is -2.32. The molecule has 0 heterocycles. The second-order valence-corrected chi connectivity index (χ2v) is 17.0. The molecule has 0 saturated carbocycles. The summed E-state index contributed by atoms with van der Waals surface area (Å²) in [4.78, 5) is 5.04. The zero-order chi connectivity index (χ0) is 39.9. The second-order valence-electron chi connectivity index (χ2n) is 17.0. The molecule has 0 atom stereocenters. The van der Waals surface area contributed by atoms with Crippen LogP contribution in [0.5, 0.6) is 0 Å². The molecule has 0 spiro atoms. The number of nitrogens with zero attached hydrogens (tertiary/aromatic N) is 2. The number of anilines is 5. The standard InChI is InChI=1S/C58H44N2/c1-37-21-23-39-31-41-25-27-45(33-53(41)51(39)29-37)59(43-13-5-3-6-14-43)57-35-55-48-18-10-12-20-50(48)58(36-56(55)47-17-9-11-19-49(47)57)60(44-15-7-4-8-16-44)46-28-26-42-32-40-24-22-38(2)30-52(40)54(42)34-46/h3-7,9-15,17-30,33-36H,8,16,31-32H2,1-2H3. The van der Waals surface area contributed by atoms with Crippen LogP contribution in [0.25, 0.3) is 54.6 Å². The number of hydrogen-bond acceptors (Lipinski definition) is 2. The van der Waals surface area contributed by atoms with Crippen molar-refractivity contribution in [1.82, 2.24) is 0 Å². The van der Waals surface area contributed by atoms with Gasteiger partial charge in [0.15, 0.2) is 0 Å². The molecular formula is C58H44N2. The lowest BCUT2D eigenvalue weighted by molar-refractivity contribution is 0.919. The van der Waals surface area contributed by atoms with Crippen LogP contribution in [0.15, 0.2) is 188 Å². The summed E-state index contributed by atoms with van der Waals surface area (Å²) >= 11 is 0. The largest absolute Gasteiger partial charge is 0.314 e. The van der Waals surface area contributed by atoms with E-state index in [0.717, 1.165) is 37.1 Å². The summed E-state index contributed by atoms with van der Waals surface area (Å²) < 4.78 is 0. The van der Waals surface area contributed by atoms with Crippen molar-refractivity contribution in [3.05, 3.63) is 221 Å². The van der Waals surface area contributed by atoms with Gasteiger partial charge in [0.25, 0.3) is 0 Å². The van der Waals surface area contributed by atoms with E-state index in [1.165, 1.54) is 111 Å². The van der Waals surface area contributed by atoms with Gasteiger partial charge in [0, 0.05) is 33.5 Å². The zero-order valence-electron chi connectivity index (χ0n) is 34.0. The van der Waals surface area contributed by atoms with E-state index in [2.05, 4.69) is 206 Å². The van der Waals surface area contributed by atoms with Crippen molar-refractivity contribution in [2.75, 3.05) is 9.80 Å². The van der Waals surface area contributed by atoms with Crippen molar-refractivity contribution >= 4 is 60.8 Å². The minimum absolute atomic E-state index is 0.978. The van der Waals surface area contributed by atoms with E-state index >= 15 is 0 Å².